The van der Waals surface area contributed by atoms with E-state index in [2.05, 4.69) is 0 Å². The van der Waals surface area contributed by atoms with E-state index in [0.29, 0.717) is 12.8 Å². The molecule has 0 aliphatic rings. The molecule has 12 heteroatoms. The van der Waals surface area contributed by atoms with Gasteiger partial charge in [0.2, 0.25) is 11.0 Å². The summed E-state index contributed by atoms with van der Waals surface area (Å²) in [6.45, 7) is 0. The van der Waals surface area contributed by atoms with E-state index in [9.17, 15) is 18.7 Å². The normalized spacial score (nSPS) is 11.5. The monoisotopic (exact) mass is 546 g/mol. The summed E-state index contributed by atoms with van der Waals surface area (Å²) in [6, 6.07) is 0. The van der Waals surface area contributed by atoms with Crippen LogP contribution in [-0.2, 0) is 18.7 Å². The second-order valence-corrected chi connectivity index (χ2v) is 11.9. The molecule has 0 rings (SSSR count). The smallest absolute Gasteiger partial charge is 1.00 e. The van der Waals surface area contributed by atoms with Crippen molar-refractivity contribution < 1.29 is 100 Å². The number of carbonyl (C=O) groups excluding carboxylic acids is 2. The van der Waals surface area contributed by atoms with Gasteiger partial charge in [0.15, 0.2) is 0 Å². The third-order valence-electron chi connectivity index (χ3n) is 5.68. The topological polar surface area (TPSA) is 149 Å². The second-order valence-electron chi connectivity index (χ2n) is 8.74. The number of rotatable bonds is 23. The van der Waals surface area contributed by atoms with Crippen LogP contribution in [0.1, 0.15) is 131 Å². The van der Waals surface area contributed by atoms with Crippen molar-refractivity contribution in [1.29, 1.82) is 0 Å². The zero-order valence-corrected chi connectivity index (χ0v) is 27.2. The molecule has 0 aromatic rings. The molecule has 0 fully saturated rings. The Kier molecular flexibility index (Phi) is 29.5. The summed E-state index contributed by atoms with van der Waals surface area (Å²) in [5.41, 5.74) is -1.88. The van der Waals surface area contributed by atoms with E-state index in [-0.39, 0.29) is 74.8 Å². The van der Waals surface area contributed by atoms with Crippen LogP contribution < -0.4 is 59.1 Å². The first-order valence-electron chi connectivity index (χ1n) is 12.2. The molecule has 0 aliphatic carbocycles. The first-order valence-corrected chi connectivity index (χ1v) is 15.5. The van der Waals surface area contributed by atoms with Crippen LogP contribution in [0.3, 0.4) is 0 Å². The molecule has 0 saturated heterocycles. The summed E-state index contributed by atoms with van der Waals surface area (Å²) in [7, 11) is -9.05. The Bertz CT molecular complexity index is 567. The van der Waals surface area contributed by atoms with Crippen molar-refractivity contribution in [2.24, 2.45) is 0 Å². The van der Waals surface area contributed by atoms with Crippen LogP contribution in [-0.4, -0.2) is 30.6 Å². The number of carbonyl (C=O) groups is 2. The van der Waals surface area contributed by atoms with E-state index in [1.807, 2.05) is 0 Å². The molecule has 0 bridgehead atoms. The summed E-state index contributed by atoms with van der Waals surface area (Å²) in [4.78, 5) is 57.0. The molecule has 0 aromatic heterocycles. The summed E-state index contributed by atoms with van der Waals surface area (Å²) in [6.07, 6.45) is 19.4. The Morgan fingerprint density at radius 3 is 0.706 bits per heavy atom. The van der Waals surface area contributed by atoms with Gasteiger partial charge >= 0.3 is 74.3 Å². The fraction of sp³-hybridized carbons (Fsp3) is 0.909. The first kappa shape index (κ1) is 40.1. The summed E-state index contributed by atoms with van der Waals surface area (Å²) < 4.78 is 21.4. The quantitative estimate of drug-likeness (QED) is 0.0819. The minimum atomic E-state index is -4.53. The van der Waals surface area contributed by atoms with Gasteiger partial charge in [-0.25, -0.2) is 0 Å². The van der Waals surface area contributed by atoms with Crippen LogP contribution >= 0.6 is 15.2 Å². The predicted molar refractivity (Wildman–Crippen MR) is 129 cm³/mol. The van der Waals surface area contributed by atoms with Gasteiger partial charge in [-0.2, -0.15) is 0 Å². The van der Waals surface area contributed by atoms with Gasteiger partial charge in [0.1, 0.15) is 0 Å². The summed E-state index contributed by atoms with van der Waals surface area (Å²) in [5.74, 6) is 0. The molecular weight excluding hydrogens is 500 g/mol. The molecule has 0 aliphatic heterocycles. The zero-order chi connectivity index (χ0) is 24.3. The van der Waals surface area contributed by atoms with Crippen LogP contribution in [0.5, 0.6) is 0 Å². The Labute approximate surface area is 253 Å². The molecule has 0 amide bonds. The standard InChI is InChI=1S/C22H44O8P2.2Na.2H/c23-21(31(25,26)27)19-17-15-13-11-9-7-5-3-1-2-4-6-8-10-12-14-16-18-20-22(24)32(28,29)30;;;;/h1-20H2,(H2,25,26,27)(H2,28,29,30);;;;/q;2*+1;2*-1. The van der Waals surface area contributed by atoms with Gasteiger partial charge in [-0.3, -0.25) is 18.7 Å². The van der Waals surface area contributed by atoms with Crippen molar-refractivity contribution in [2.45, 2.75) is 128 Å². The molecule has 0 unspecified atom stereocenters. The molecule has 4 N–H and O–H groups in total. The Hall–Kier alpha value is 1.64. The molecule has 0 heterocycles. The predicted octanol–water partition coefficient (Wildman–Crippen LogP) is 0.430. The van der Waals surface area contributed by atoms with Crippen molar-refractivity contribution in [1.82, 2.24) is 0 Å². The van der Waals surface area contributed by atoms with Gasteiger partial charge in [-0.15, -0.1) is 0 Å². The van der Waals surface area contributed by atoms with Gasteiger partial charge in [0.25, 0.3) is 0 Å². The van der Waals surface area contributed by atoms with E-state index in [1.165, 1.54) is 64.2 Å². The van der Waals surface area contributed by atoms with Crippen molar-refractivity contribution in [2.75, 3.05) is 0 Å². The van der Waals surface area contributed by atoms with Gasteiger partial charge in [0, 0.05) is 12.8 Å². The maximum Gasteiger partial charge on any atom is 1.00 e. The van der Waals surface area contributed by atoms with Gasteiger partial charge in [-0.1, -0.05) is 103 Å². The van der Waals surface area contributed by atoms with E-state index in [1.54, 1.807) is 0 Å². The summed E-state index contributed by atoms with van der Waals surface area (Å²) >= 11 is 0. The molecule has 0 atom stereocenters. The fourth-order valence-electron chi connectivity index (χ4n) is 3.67. The van der Waals surface area contributed by atoms with Gasteiger partial charge < -0.3 is 22.4 Å². The van der Waals surface area contributed by atoms with Crippen molar-refractivity contribution in [3.63, 3.8) is 0 Å². The zero-order valence-electron chi connectivity index (χ0n) is 23.5. The Morgan fingerprint density at radius 2 is 0.559 bits per heavy atom. The van der Waals surface area contributed by atoms with Crippen molar-refractivity contribution in [3.05, 3.63) is 0 Å². The number of hydrogen-bond donors (Lipinski definition) is 4. The number of unbranched alkanes of at least 4 members (excludes halogenated alkanes) is 17. The number of hydrogen-bond acceptors (Lipinski definition) is 4. The SMILES string of the molecule is O=C(CCCCCCCCCCCCCCCCCCCCC(=O)P(=O)(O)O)P(=O)(O)O.[H-].[H-].[Na+].[Na+]. The van der Waals surface area contributed by atoms with E-state index < -0.39 is 26.2 Å². The van der Waals surface area contributed by atoms with Crippen LogP contribution in [0.25, 0.3) is 0 Å². The maximum absolute atomic E-state index is 11.1. The molecular formula is C22H46Na2O8P2. The van der Waals surface area contributed by atoms with E-state index in [0.717, 1.165) is 38.5 Å². The molecule has 0 saturated carbocycles. The van der Waals surface area contributed by atoms with Gasteiger partial charge in [0.05, 0.1) is 0 Å². The van der Waals surface area contributed by atoms with E-state index >= 15 is 0 Å². The van der Waals surface area contributed by atoms with Crippen LogP contribution in [0.15, 0.2) is 0 Å². The third kappa shape index (κ3) is 26.7. The largest absolute Gasteiger partial charge is 1.00 e. The van der Waals surface area contributed by atoms with Gasteiger partial charge in [-0.05, 0) is 12.8 Å². The summed E-state index contributed by atoms with van der Waals surface area (Å²) in [5, 5.41) is 0. The van der Waals surface area contributed by atoms with Crippen LogP contribution in [0.4, 0.5) is 0 Å². The fourth-order valence-corrected chi connectivity index (χ4v) is 4.57. The minimum absolute atomic E-state index is 0. The van der Waals surface area contributed by atoms with Crippen molar-refractivity contribution in [3.8, 4) is 0 Å². The average Bonchev–Trinajstić information content (AvgIpc) is 2.70. The molecule has 0 aromatic carbocycles. The first-order chi connectivity index (χ1) is 15.0. The van der Waals surface area contributed by atoms with E-state index in [4.69, 9.17) is 19.6 Å². The molecule has 34 heavy (non-hydrogen) atoms. The minimum Gasteiger partial charge on any atom is -1.00 e. The molecule has 194 valence electrons. The third-order valence-corrected chi connectivity index (χ3v) is 7.43. The molecule has 0 radical (unpaired) electrons. The van der Waals surface area contributed by atoms with Crippen LogP contribution in [0, 0.1) is 0 Å². The van der Waals surface area contributed by atoms with Crippen LogP contribution in [0.2, 0.25) is 0 Å². The Balaban J connectivity index is -0.000000801. The molecule has 0 spiro atoms. The maximum atomic E-state index is 11.1. The Morgan fingerprint density at radius 1 is 0.412 bits per heavy atom. The van der Waals surface area contributed by atoms with Crippen molar-refractivity contribution >= 4 is 26.2 Å². The molecule has 8 nitrogen and oxygen atoms in total. The second kappa shape index (κ2) is 24.9. The average molecular weight is 547 g/mol.